The van der Waals surface area contributed by atoms with Crippen LogP contribution in [0.15, 0.2) is 24.3 Å². The lowest BCUT2D eigenvalue weighted by Gasteiger charge is -2.29. The Hall–Kier alpha value is -2.04. The Morgan fingerprint density at radius 1 is 1.26 bits per heavy atom. The van der Waals surface area contributed by atoms with E-state index >= 15 is 0 Å². The number of ether oxygens (including phenoxy) is 1. The highest BCUT2D eigenvalue weighted by Crippen LogP contribution is 2.21. The zero-order chi connectivity index (χ0) is 13.8. The molecule has 1 N–H and O–H groups in total. The van der Waals surface area contributed by atoms with Crippen LogP contribution < -0.4 is 4.74 Å². The molecule has 1 amide bonds. The SMILES string of the molecule is Cc1ccccc1OC(=O)N1CCC(C(=O)O)CC1. The third-order valence-corrected chi connectivity index (χ3v) is 3.39. The van der Waals surface area contributed by atoms with E-state index in [0.29, 0.717) is 31.7 Å². The van der Waals surface area contributed by atoms with Gasteiger partial charge in [-0.25, -0.2) is 4.79 Å². The van der Waals surface area contributed by atoms with E-state index in [1.54, 1.807) is 11.0 Å². The average Bonchev–Trinajstić information content (AvgIpc) is 2.41. The minimum atomic E-state index is -0.785. The van der Waals surface area contributed by atoms with Crippen molar-refractivity contribution in [3.8, 4) is 5.75 Å². The molecule has 0 bridgehead atoms. The molecule has 0 aliphatic carbocycles. The maximum absolute atomic E-state index is 12.0. The molecule has 102 valence electrons. The van der Waals surface area contributed by atoms with Gasteiger partial charge in [-0.05, 0) is 31.4 Å². The number of carboxylic acid groups (broad SMARTS) is 1. The molecule has 2 rings (SSSR count). The Morgan fingerprint density at radius 2 is 1.89 bits per heavy atom. The Kier molecular flexibility index (Phi) is 4.04. The molecule has 1 aliphatic rings. The third kappa shape index (κ3) is 3.24. The highest BCUT2D eigenvalue weighted by Gasteiger charge is 2.28. The van der Waals surface area contributed by atoms with Crippen LogP contribution in [-0.2, 0) is 4.79 Å². The van der Waals surface area contributed by atoms with Gasteiger partial charge in [-0.15, -0.1) is 0 Å². The van der Waals surface area contributed by atoms with E-state index in [9.17, 15) is 9.59 Å². The summed E-state index contributed by atoms with van der Waals surface area (Å²) in [6, 6.07) is 7.31. The minimum absolute atomic E-state index is 0.345. The number of piperidine rings is 1. The zero-order valence-corrected chi connectivity index (χ0v) is 10.8. The summed E-state index contributed by atoms with van der Waals surface area (Å²) in [6.07, 6.45) is 0.564. The van der Waals surface area contributed by atoms with Crippen molar-refractivity contribution in [2.45, 2.75) is 19.8 Å². The van der Waals surface area contributed by atoms with Crippen molar-refractivity contribution in [2.75, 3.05) is 13.1 Å². The second kappa shape index (κ2) is 5.73. The Balaban J connectivity index is 1.92. The number of para-hydroxylation sites is 1. The molecule has 1 fully saturated rings. The van der Waals surface area contributed by atoms with Gasteiger partial charge in [-0.3, -0.25) is 4.79 Å². The second-order valence-electron chi connectivity index (χ2n) is 4.73. The predicted molar refractivity (Wildman–Crippen MR) is 69.1 cm³/mol. The summed E-state index contributed by atoms with van der Waals surface area (Å²) in [5, 5.41) is 8.90. The molecule has 0 saturated carbocycles. The number of rotatable bonds is 2. The van der Waals surface area contributed by atoms with Crippen LogP contribution in [0.5, 0.6) is 5.75 Å². The van der Waals surface area contributed by atoms with Crippen molar-refractivity contribution in [1.82, 2.24) is 4.90 Å². The number of aryl methyl sites for hydroxylation is 1. The smallest absolute Gasteiger partial charge is 0.415 e. The van der Waals surface area contributed by atoms with Gasteiger partial charge >= 0.3 is 12.1 Å². The van der Waals surface area contributed by atoms with E-state index in [-0.39, 0.29) is 5.92 Å². The maximum atomic E-state index is 12.0. The lowest BCUT2D eigenvalue weighted by atomic mass is 9.97. The van der Waals surface area contributed by atoms with Gasteiger partial charge in [0.25, 0.3) is 0 Å². The van der Waals surface area contributed by atoms with E-state index in [2.05, 4.69) is 0 Å². The molecular formula is C14H17NO4. The summed E-state index contributed by atoms with van der Waals surface area (Å²) in [5.41, 5.74) is 0.899. The first-order valence-corrected chi connectivity index (χ1v) is 6.33. The number of benzene rings is 1. The molecule has 5 heteroatoms. The van der Waals surface area contributed by atoms with Gasteiger partial charge in [-0.2, -0.15) is 0 Å². The van der Waals surface area contributed by atoms with Gasteiger partial charge < -0.3 is 14.7 Å². The fraction of sp³-hybridized carbons (Fsp3) is 0.429. The van der Waals surface area contributed by atoms with Crippen LogP contribution in [-0.4, -0.2) is 35.2 Å². The van der Waals surface area contributed by atoms with Gasteiger partial charge in [0.15, 0.2) is 0 Å². The van der Waals surface area contributed by atoms with Crippen molar-refractivity contribution >= 4 is 12.1 Å². The number of carboxylic acids is 1. The minimum Gasteiger partial charge on any atom is -0.481 e. The van der Waals surface area contributed by atoms with Gasteiger partial charge in [-0.1, -0.05) is 18.2 Å². The summed E-state index contributed by atoms with van der Waals surface area (Å²) in [5.74, 6) is -0.581. The number of hydrogen-bond donors (Lipinski definition) is 1. The summed E-state index contributed by atoms with van der Waals surface area (Å²) >= 11 is 0. The molecule has 5 nitrogen and oxygen atoms in total. The molecule has 0 aromatic heterocycles. The molecule has 0 atom stereocenters. The number of aliphatic carboxylic acids is 1. The molecule has 0 radical (unpaired) electrons. The zero-order valence-electron chi connectivity index (χ0n) is 10.8. The van der Waals surface area contributed by atoms with Gasteiger partial charge in [0.05, 0.1) is 5.92 Å². The monoisotopic (exact) mass is 263 g/mol. The lowest BCUT2D eigenvalue weighted by molar-refractivity contribution is -0.143. The fourth-order valence-electron chi connectivity index (χ4n) is 2.14. The standard InChI is InChI=1S/C14H17NO4/c1-10-4-2-3-5-12(10)19-14(18)15-8-6-11(7-9-15)13(16)17/h2-5,11H,6-9H2,1H3,(H,16,17). The molecule has 1 aromatic rings. The molecule has 1 heterocycles. The summed E-state index contributed by atoms with van der Waals surface area (Å²) in [7, 11) is 0. The van der Waals surface area contributed by atoms with Crippen molar-refractivity contribution < 1.29 is 19.4 Å². The molecular weight excluding hydrogens is 246 g/mol. The first-order valence-electron chi connectivity index (χ1n) is 6.33. The fourth-order valence-corrected chi connectivity index (χ4v) is 2.14. The Labute approximate surface area is 111 Å². The van der Waals surface area contributed by atoms with Gasteiger partial charge in [0, 0.05) is 13.1 Å². The Morgan fingerprint density at radius 3 is 2.47 bits per heavy atom. The number of carbonyl (C=O) groups is 2. The molecule has 0 spiro atoms. The summed E-state index contributed by atoms with van der Waals surface area (Å²) in [6.45, 7) is 2.74. The van der Waals surface area contributed by atoms with E-state index < -0.39 is 12.1 Å². The van der Waals surface area contributed by atoms with E-state index in [0.717, 1.165) is 5.56 Å². The quantitative estimate of drug-likeness (QED) is 0.889. The van der Waals surface area contributed by atoms with Crippen LogP contribution >= 0.6 is 0 Å². The topological polar surface area (TPSA) is 66.8 Å². The van der Waals surface area contributed by atoms with Crippen molar-refractivity contribution in [3.05, 3.63) is 29.8 Å². The summed E-state index contributed by atoms with van der Waals surface area (Å²) < 4.78 is 5.32. The third-order valence-electron chi connectivity index (χ3n) is 3.39. The number of hydrogen-bond acceptors (Lipinski definition) is 3. The van der Waals surface area contributed by atoms with E-state index in [1.807, 2.05) is 25.1 Å². The number of carbonyl (C=O) groups excluding carboxylic acids is 1. The highest BCUT2D eigenvalue weighted by atomic mass is 16.6. The molecule has 1 saturated heterocycles. The molecule has 0 unspecified atom stereocenters. The largest absolute Gasteiger partial charge is 0.481 e. The van der Waals surface area contributed by atoms with Crippen molar-refractivity contribution in [2.24, 2.45) is 5.92 Å². The normalized spacial score (nSPS) is 16.2. The van der Waals surface area contributed by atoms with Crippen LogP contribution in [0.4, 0.5) is 4.79 Å². The molecule has 1 aliphatic heterocycles. The lowest BCUT2D eigenvalue weighted by Crippen LogP contribution is -2.41. The van der Waals surface area contributed by atoms with Crippen molar-refractivity contribution in [1.29, 1.82) is 0 Å². The molecule has 19 heavy (non-hydrogen) atoms. The molecule has 1 aromatic carbocycles. The van der Waals surface area contributed by atoms with Crippen LogP contribution in [0.2, 0.25) is 0 Å². The average molecular weight is 263 g/mol. The maximum Gasteiger partial charge on any atom is 0.415 e. The number of nitrogens with zero attached hydrogens (tertiary/aromatic N) is 1. The van der Waals surface area contributed by atoms with Crippen molar-refractivity contribution in [3.63, 3.8) is 0 Å². The van der Waals surface area contributed by atoms with Gasteiger partial charge in [0.1, 0.15) is 5.75 Å². The Bertz CT molecular complexity index is 478. The van der Waals surface area contributed by atoms with Crippen LogP contribution in [0.3, 0.4) is 0 Å². The second-order valence-corrected chi connectivity index (χ2v) is 4.73. The number of likely N-dealkylation sites (tertiary alicyclic amines) is 1. The highest BCUT2D eigenvalue weighted by molar-refractivity contribution is 5.73. The predicted octanol–water partition coefficient (Wildman–Crippen LogP) is 2.29. The van der Waals surface area contributed by atoms with E-state index in [1.165, 1.54) is 0 Å². The first kappa shape index (κ1) is 13.4. The van der Waals surface area contributed by atoms with Crippen LogP contribution in [0.25, 0.3) is 0 Å². The first-order chi connectivity index (χ1) is 9.08. The van der Waals surface area contributed by atoms with Crippen LogP contribution in [0.1, 0.15) is 18.4 Å². The summed E-state index contributed by atoms with van der Waals surface area (Å²) in [4.78, 5) is 24.3. The van der Waals surface area contributed by atoms with Crippen LogP contribution in [0, 0.1) is 12.8 Å². The number of amides is 1. The van der Waals surface area contributed by atoms with Gasteiger partial charge in [0.2, 0.25) is 0 Å². The van der Waals surface area contributed by atoms with E-state index in [4.69, 9.17) is 9.84 Å².